The first kappa shape index (κ1) is 39.9. The van der Waals surface area contributed by atoms with Gasteiger partial charge < -0.3 is 19.7 Å². The van der Waals surface area contributed by atoms with Gasteiger partial charge in [0, 0.05) is 12.8 Å². The number of unbranched alkanes of at least 4 members (excludes halogenated alkanes) is 14. The summed E-state index contributed by atoms with van der Waals surface area (Å²) in [6, 6.07) is 3.92. The molecular weight excluding hydrogens is 552 g/mol. The summed E-state index contributed by atoms with van der Waals surface area (Å²) in [7, 11) is 0. The van der Waals surface area contributed by atoms with E-state index in [0.717, 1.165) is 36.0 Å². The highest BCUT2D eigenvalue weighted by molar-refractivity contribution is 5.70. The van der Waals surface area contributed by atoms with Gasteiger partial charge >= 0.3 is 11.9 Å². The fourth-order valence-corrected chi connectivity index (χ4v) is 5.50. The molecule has 0 heterocycles. The first-order valence-corrected chi connectivity index (χ1v) is 17.6. The van der Waals surface area contributed by atoms with Gasteiger partial charge in [-0.05, 0) is 40.4 Å². The Morgan fingerprint density at radius 2 is 1.11 bits per heavy atom. The van der Waals surface area contributed by atoms with Crippen LogP contribution < -0.4 is 0 Å². The smallest absolute Gasteiger partial charge is 0.306 e. The molecule has 0 aliphatic rings. The molecule has 0 fully saturated rings. The van der Waals surface area contributed by atoms with E-state index in [2.05, 4.69) is 48.5 Å². The minimum atomic E-state index is -0.873. The number of carbonyl (C=O) groups is 2. The molecule has 44 heavy (non-hydrogen) atoms. The highest BCUT2D eigenvalue weighted by Gasteiger charge is 2.27. The molecule has 0 radical (unpaired) electrons. The predicted molar refractivity (Wildman–Crippen MR) is 181 cm³/mol. The molecule has 2 N–H and O–H groups in total. The van der Waals surface area contributed by atoms with Crippen molar-refractivity contribution in [1.82, 2.24) is 0 Å². The van der Waals surface area contributed by atoms with Gasteiger partial charge in [0.05, 0.1) is 6.61 Å². The van der Waals surface area contributed by atoms with Crippen molar-refractivity contribution in [1.29, 1.82) is 0 Å². The number of aliphatic hydroxyl groups excluding tert-OH is 1. The Kier molecular flexibility index (Phi) is 19.6. The van der Waals surface area contributed by atoms with Gasteiger partial charge in [0.1, 0.15) is 12.4 Å². The zero-order valence-electron chi connectivity index (χ0n) is 29.4. The van der Waals surface area contributed by atoms with Gasteiger partial charge in [-0.2, -0.15) is 0 Å². The third-order valence-electron chi connectivity index (χ3n) is 8.32. The minimum absolute atomic E-state index is 0.127. The van der Waals surface area contributed by atoms with Gasteiger partial charge in [-0.1, -0.05) is 150 Å². The SMILES string of the molecule is CCCCCCCCCCCCCCCCCC(=O)OCC(CO)OC(=O)CCc1cc(C(C)(C)C)c(O)c(C(C)(C)C)c1. The minimum Gasteiger partial charge on any atom is -0.507 e. The summed E-state index contributed by atoms with van der Waals surface area (Å²) >= 11 is 0. The summed E-state index contributed by atoms with van der Waals surface area (Å²) in [6.45, 7) is 14.1. The fraction of sp³-hybridized carbons (Fsp3) is 0.789. The van der Waals surface area contributed by atoms with Crippen molar-refractivity contribution in [2.75, 3.05) is 13.2 Å². The van der Waals surface area contributed by atoms with Crippen LogP contribution in [0.25, 0.3) is 0 Å². The lowest BCUT2D eigenvalue weighted by molar-refractivity contribution is -0.161. The van der Waals surface area contributed by atoms with Crippen LogP contribution in [0.4, 0.5) is 0 Å². The topological polar surface area (TPSA) is 93.1 Å². The quantitative estimate of drug-likeness (QED) is 0.0937. The molecule has 0 aliphatic carbocycles. The molecule has 1 aromatic carbocycles. The Bertz CT molecular complexity index is 905. The molecule has 254 valence electrons. The van der Waals surface area contributed by atoms with Crippen LogP contribution in [0, 0.1) is 0 Å². The van der Waals surface area contributed by atoms with E-state index in [1.807, 2.05) is 12.1 Å². The van der Waals surface area contributed by atoms with E-state index in [1.54, 1.807) is 0 Å². The summed E-state index contributed by atoms with van der Waals surface area (Å²) in [4.78, 5) is 24.7. The number of rotatable bonds is 23. The standard InChI is InChI=1S/C38H66O6/c1-8-9-10-11-12-13-14-15-16-17-18-19-20-21-22-23-34(40)43-29-31(28-39)44-35(41)25-24-30-26-32(37(2,3)4)36(42)33(27-30)38(5,6)7/h26-27,31,39,42H,8-25,28-29H2,1-7H3. The Morgan fingerprint density at radius 3 is 1.52 bits per heavy atom. The van der Waals surface area contributed by atoms with E-state index < -0.39 is 18.7 Å². The van der Waals surface area contributed by atoms with Crippen LogP contribution in [-0.2, 0) is 36.3 Å². The zero-order valence-corrected chi connectivity index (χ0v) is 29.4. The fourth-order valence-electron chi connectivity index (χ4n) is 5.50. The van der Waals surface area contributed by atoms with Crippen LogP contribution in [0.1, 0.15) is 174 Å². The van der Waals surface area contributed by atoms with E-state index in [1.165, 1.54) is 77.0 Å². The Labute approximate surface area is 269 Å². The second-order valence-corrected chi connectivity index (χ2v) is 14.7. The summed E-state index contributed by atoms with van der Waals surface area (Å²) in [5, 5.41) is 20.6. The number of hydrogen-bond acceptors (Lipinski definition) is 6. The molecule has 1 rings (SSSR count). The van der Waals surface area contributed by atoms with E-state index in [4.69, 9.17) is 9.47 Å². The normalized spacial score (nSPS) is 12.7. The lowest BCUT2D eigenvalue weighted by Gasteiger charge is -2.28. The number of carbonyl (C=O) groups excluding carboxylic acids is 2. The van der Waals surface area contributed by atoms with Gasteiger partial charge in [0.15, 0.2) is 6.10 Å². The maximum Gasteiger partial charge on any atom is 0.306 e. The maximum atomic E-state index is 12.6. The lowest BCUT2D eigenvalue weighted by atomic mass is 9.78. The van der Waals surface area contributed by atoms with Crippen molar-refractivity contribution in [3.63, 3.8) is 0 Å². The van der Waals surface area contributed by atoms with E-state index in [9.17, 15) is 19.8 Å². The predicted octanol–water partition coefficient (Wildman–Crippen LogP) is 9.63. The summed E-state index contributed by atoms with van der Waals surface area (Å²) in [6.07, 6.45) is 19.1. The van der Waals surface area contributed by atoms with Crippen molar-refractivity contribution < 1.29 is 29.3 Å². The number of aromatic hydroxyl groups is 1. The molecule has 0 aliphatic heterocycles. The van der Waals surface area contributed by atoms with Gasteiger partial charge in [0.25, 0.3) is 0 Å². The molecule has 1 aromatic rings. The number of ether oxygens (including phenoxy) is 2. The first-order valence-electron chi connectivity index (χ1n) is 17.6. The van der Waals surface area contributed by atoms with Crippen molar-refractivity contribution >= 4 is 11.9 Å². The largest absolute Gasteiger partial charge is 0.507 e. The monoisotopic (exact) mass is 618 g/mol. The van der Waals surface area contributed by atoms with Crippen LogP contribution in [-0.4, -0.2) is 41.5 Å². The van der Waals surface area contributed by atoms with Gasteiger partial charge in [-0.3, -0.25) is 9.59 Å². The molecule has 0 amide bonds. The highest BCUT2D eigenvalue weighted by Crippen LogP contribution is 2.40. The number of hydrogen-bond donors (Lipinski definition) is 2. The van der Waals surface area contributed by atoms with E-state index in [-0.39, 0.29) is 29.8 Å². The Morgan fingerprint density at radius 1 is 0.682 bits per heavy atom. The number of aryl methyl sites for hydroxylation is 1. The Balaban J connectivity index is 2.25. The van der Waals surface area contributed by atoms with Crippen molar-refractivity contribution in [3.05, 3.63) is 28.8 Å². The molecule has 6 nitrogen and oxygen atoms in total. The van der Waals surface area contributed by atoms with Crippen molar-refractivity contribution in [2.45, 2.75) is 181 Å². The third-order valence-corrected chi connectivity index (χ3v) is 8.32. The van der Waals surface area contributed by atoms with Crippen molar-refractivity contribution in [2.24, 2.45) is 0 Å². The average molecular weight is 619 g/mol. The zero-order chi connectivity index (χ0) is 33.0. The second-order valence-electron chi connectivity index (χ2n) is 14.7. The molecule has 6 heteroatoms. The van der Waals surface area contributed by atoms with Gasteiger partial charge in [-0.15, -0.1) is 0 Å². The van der Waals surface area contributed by atoms with Crippen molar-refractivity contribution in [3.8, 4) is 5.75 Å². The summed E-state index contributed by atoms with van der Waals surface area (Å²) in [5.74, 6) is -0.462. The van der Waals surface area contributed by atoms with E-state index >= 15 is 0 Å². The lowest BCUT2D eigenvalue weighted by Crippen LogP contribution is -2.28. The number of esters is 2. The molecule has 1 atom stereocenters. The molecular formula is C38H66O6. The number of phenols is 1. The number of phenolic OH excluding ortho intramolecular Hbond substituents is 1. The highest BCUT2D eigenvalue weighted by atomic mass is 16.6. The van der Waals surface area contributed by atoms with Crippen LogP contribution in [0.2, 0.25) is 0 Å². The first-order chi connectivity index (χ1) is 20.8. The molecule has 0 spiro atoms. The Hall–Kier alpha value is -2.08. The summed E-state index contributed by atoms with van der Waals surface area (Å²) < 4.78 is 10.7. The molecule has 0 bridgehead atoms. The van der Waals surface area contributed by atoms with Crippen LogP contribution >= 0.6 is 0 Å². The molecule has 0 aromatic heterocycles. The molecule has 1 unspecified atom stereocenters. The second kappa shape index (κ2) is 21.6. The van der Waals surface area contributed by atoms with E-state index in [0.29, 0.717) is 18.6 Å². The number of aliphatic hydroxyl groups is 1. The van der Waals surface area contributed by atoms with Crippen LogP contribution in [0.3, 0.4) is 0 Å². The van der Waals surface area contributed by atoms with Gasteiger partial charge in [0.2, 0.25) is 0 Å². The number of benzene rings is 1. The summed E-state index contributed by atoms with van der Waals surface area (Å²) in [5.41, 5.74) is 2.15. The maximum absolute atomic E-state index is 12.6. The third kappa shape index (κ3) is 17.4. The van der Waals surface area contributed by atoms with Crippen LogP contribution in [0.15, 0.2) is 12.1 Å². The van der Waals surface area contributed by atoms with Gasteiger partial charge in [-0.25, -0.2) is 0 Å². The molecule has 0 saturated heterocycles. The molecule has 0 saturated carbocycles. The average Bonchev–Trinajstić information content (AvgIpc) is 2.95. The van der Waals surface area contributed by atoms with Crippen LogP contribution in [0.5, 0.6) is 5.75 Å².